The van der Waals surface area contributed by atoms with E-state index in [-0.39, 0.29) is 6.04 Å². The summed E-state index contributed by atoms with van der Waals surface area (Å²) < 4.78 is 11.2. The molecule has 1 aliphatic carbocycles. The highest BCUT2D eigenvalue weighted by Gasteiger charge is 2.18. The van der Waals surface area contributed by atoms with E-state index in [2.05, 4.69) is 26.0 Å². The van der Waals surface area contributed by atoms with Gasteiger partial charge in [0.25, 0.3) is 0 Å². The van der Waals surface area contributed by atoms with Gasteiger partial charge < -0.3 is 15.2 Å². The molecule has 1 atom stereocenters. The molecule has 0 saturated carbocycles. The van der Waals surface area contributed by atoms with Crippen molar-refractivity contribution in [2.24, 2.45) is 11.7 Å². The van der Waals surface area contributed by atoms with Crippen molar-refractivity contribution in [2.45, 2.75) is 32.7 Å². The van der Waals surface area contributed by atoms with E-state index in [0.29, 0.717) is 19.1 Å². The highest BCUT2D eigenvalue weighted by molar-refractivity contribution is 5.40. The molecule has 0 heterocycles. The normalized spacial score (nSPS) is 18.1. The molecular formula is C15H23NO2. The topological polar surface area (TPSA) is 44.5 Å². The summed E-state index contributed by atoms with van der Waals surface area (Å²) in [5.74, 6) is 1.50. The maximum absolute atomic E-state index is 6.00. The van der Waals surface area contributed by atoms with Crippen LogP contribution in [0.3, 0.4) is 0 Å². The molecule has 0 unspecified atom stereocenters. The molecule has 18 heavy (non-hydrogen) atoms. The highest BCUT2D eigenvalue weighted by Crippen LogP contribution is 2.31. The van der Waals surface area contributed by atoms with Gasteiger partial charge in [-0.15, -0.1) is 0 Å². The van der Waals surface area contributed by atoms with Crippen molar-refractivity contribution in [1.29, 1.82) is 0 Å². The van der Waals surface area contributed by atoms with Crippen LogP contribution in [0.25, 0.3) is 0 Å². The van der Waals surface area contributed by atoms with E-state index in [1.165, 1.54) is 11.1 Å². The maximum Gasteiger partial charge on any atom is 0.119 e. The number of aryl methyl sites for hydroxylation is 1. The fraction of sp³-hybridized carbons (Fsp3) is 0.600. The minimum absolute atomic E-state index is 0.212. The molecule has 0 amide bonds. The lowest BCUT2D eigenvalue weighted by Gasteiger charge is -2.10. The molecule has 0 aromatic heterocycles. The Labute approximate surface area is 109 Å². The zero-order valence-electron chi connectivity index (χ0n) is 11.3. The van der Waals surface area contributed by atoms with Gasteiger partial charge in [0.05, 0.1) is 6.61 Å². The summed E-state index contributed by atoms with van der Waals surface area (Å²) in [6, 6.07) is 6.43. The Bertz CT molecular complexity index is 390. The first-order valence-corrected chi connectivity index (χ1v) is 6.75. The third-order valence-corrected chi connectivity index (χ3v) is 3.19. The Balaban J connectivity index is 1.77. The molecule has 0 radical (unpaired) electrons. The van der Waals surface area contributed by atoms with E-state index in [1.807, 2.05) is 6.07 Å². The summed E-state index contributed by atoms with van der Waals surface area (Å²) in [4.78, 5) is 0. The van der Waals surface area contributed by atoms with E-state index in [1.54, 1.807) is 0 Å². The van der Waals surface area contributed by atoms with Crippen LogP contribution in [0.15, 0.2) is 18.2 Å². The van der Waals surface area contributed by atoms with E-state index < -0.39 is 0 Å². The Hall–Kier alpha value is -1.06. The Morgan fingerprint density at radius 2 is 2.17 bits per heavy atom. The molecule has 0 fully saturated rings. The van der Waals surface area contributed by atoms with Crippen molar-refractivity contribution >= 4 is 0 Å². The second-order valence-corrected chi connectivity index (χ2v) is 5.32. The van der Waals surface area contributed by atoms with Gasteiger partial charge in [-0.25, -0.2) is 0 Å². The van der Waals surface area contributed by atoms with Crippen LogP contribution in [0.4, 0.5) is 0 Å². The second-order valence-electron chi connectivity index (χ2n) is 5.32. The van der Waals surface area contributed by atoms with Gasteiger partial charge in [0.2, 0.25) is 0 Å². The molecule has 0 bridgehead atoms. The highest BCUT2D eigenvalue weighted by atomic mass is 16.5. The first kappa shape index (κ1) is 13.4. The molecule has 2 N–H and O–H groups in total. The largest absolute Gasteiger partial charge is 0.491 e. The van der Waals surface area contributed by atoms with Gasteiger partial charge in [-0.3, -0.25) is 0 Å². The molecule has 0 saturated heterocycles. The number of hydrogen-bond acceptors (Lipinski definition) is 3. The minimum atomic E-state index is 0.212. The summed E-state index contributed by atoms with van der Waals surface area (Å²) in [7, 11) is 0. The van der Waals surface area contributed by atoms with Crippen molar-refractivity contribution in [2.75, 3.05) is 19.8 Å². The zero-order valence-corrected chi connectivity index (χ0v) is 11.3. The SMILES string of the molecule is CC(C)COCCOc1ccc2c(c1)CC[C@H]2N. The molecule has 0 aliphatic heterocycles. The van der Waals surface area contributed by atoms with E-state index in [9.17, 15) is 0 Å². The zero-order chi connectivity index (χ0) is 13.0. The van der Waals surface area contributed by atoms with Crippen molar-refractivity contribution < 1.29 is 9.47 Å². The second kappa shape index (κ2) is 6.21. The lowest BCUT2D eigenvalue weighted by atomic mass is 10.1. The van der Waals surface area contributed by atoms with Crippen LogP contribution in [-0.4, -0.2) is 19.8 Å². The van der Waals surface area contributed by atoms with Crippen molar-refractivity contribution in [1.82, 2.24) is 0 Å². The Kier molecular flexibility index (Phi) is 4.61. The average molecular weight is 249 g/mol. The molecule has 2 rings (SSSR count). The smallest absolute Gasteiger partial charge is 0.119 e. The Morgan fingerprint density at radius 3 is 2.94 bits per heavy atom. The predicted octanol–water partition coefficient (Wildman–Crippen LogP) is 2.68. The summed E-state index contributed by atoms with van der Waals surface area (Å²) in [5.41, 5.74) is 8.62. The van der Waals surface area contributed by atoms with Crippen LogP contribution in [0.1, 0.15) is 37.4 Å². The summed E-state index contributed by atoms with van der Waals surface area (Å²) in [6.45, 7) is 6.34. The fourth-order valence-electron chi connectivity index (χ4n) is 2.25. The molecule has 0 spiro atoms. The lowest BCUT2D eigenvalue weighted by Crippen LogP contribution is -2.10. The van der Waals surface area contributed by atoms with E-state index in [0.717, 1.165) is 25.2 Å². The molecule has 3 nitrogen and oxygen atoms in total. The number of hydrogen-bond donors (Lipinski definition) is 1. The fourth-order valence-corrected chi connectivity index (χ4v) is 2.25. The number of rotatable bonds is 6. The third-order valence-electron chi connectivity index (χ3n) is 3.19. The van der Waals surface area contributed by atoms with Gasteiger partial charge in [-0.2, -0.15) is 0 Å². The molecule has 1 aliphatic rings. The number of nitrogens with two attached hydrogens (primary N) is 1. The number of benzene rings is 1. The average Bonchev–Trinajstić information content (AvgIpc) is 2.70. The molecule has 1 aromatic rings. The van der Waals surface area contributed by atoms with Gasteiger partial charge in [0.1, 0.15) is 12.4 Å². The van der Waals surface area contributed by atoms with Gasteiger partial charge in [0.15, 0.2) is 0 Å². The first-order valence-electron chi connectivity index (χ1n) is 6.75. The van der Waals surface area contributed by atoms with Crippen LogP contribution in [0.2, 0.25) is 0 Å². The molecule has 3 heteroatoms. The van der Waals surface area contributed by atoms with Gasteiger partial charge in [-0.1, -0.05) is 19.9 Å². The van der Waals surface area contributed by atoms with Crippen LogP contribution < -0.4 is 10.5 Å². The standard InChI is InChI=1S/C15H23NO2/c1-11(2)10-17-7-8-18-13-4-5-14-12(9-13)3-6-15(14)16/h4-5,9,11,15H,3,6-8,10,16H2,1-2H3/t15-/m1/s1. The summed E-state index contributed by atoms with van der Waals surface area (Å²) in [6.07, 6.45) is 2.12. The van der Waals surface area contributed by atoms with Crippen LogP contribution in [0, 0.1) is 5.92 Å². The van der Waals surface area contributed by atoms with Crippen molar-refractivity contribution in [3.05, 3.63) is 29.3 Å². The van der Waals surface area contributed by atoms with E-state index in [4.69, 9.17) is 15.2 Å². The number of fused-ring (bicyclic) bond motifs is 1. The van der Waals surface area contributed by atoms with Crippen molar-refractivity contribution in [3.8, 4) is 5.75 Å². The monoisotopic (exact) mass is 249 g/mol. The molecule has 100 valence electrons. The molecule has 1 aromatic carbocycles. The van der Waals surface area contributed by atoms with Crippen molar-refractivity contribution in [3.63, 3.8) is 0 Å². The predicted molar refractivity (Wildman–Crippen MR) is 72.8 cm³/mol. The number of ether oxygens (including phenoxy) is 2. The lowest BCUT2D eigenvalue weighted by molar-refractivity contribution is 0.0819. The van der Waals surface area contributed by atoms with E-state index >= 15 is 0 Å². The van der Waals surface area contributed by atoms with Crippen LogP contribution in [0.5, 0.6) is 5.75 Å². The van der Waals surface area contributed by atoms with Crippen LogP contribution in [-0.2, 0) is 11.2 Å². The third kappa shape index (κ3) is 3.47. The molecular weight excluding hydrogens is 226 g/mol. The Morgan fingerprint density at radius 1 is 1.33 bits per heavy atom. The van der Waals surface area contributed by atoms with Gasteiger partial charge in [-0.05, 0) is 42.0 Å². The quantitative estimate of drug-likeness (QED) is 0.788. The maximum atomic E-state index is 6.00. The first-order chi connectivity index (χ1) is 8.66. The van der Waals surface area contributed by atoms with Crippen LogP contribution >= 0.6 is 0 Å². The van der Waals surface area contributed by atoms with Gasteiger partial charge >= 0.3 is 0 Å². The van der Waals surface area contributed by atoms with Gasteiger partial charge in [0, 0.05) is 12.6 Å². The minimum Gasteiger partial charge on any atom is -0.491 e. The summed E-state index contributed by atoms with van der Waals surface area (Å²) >= 11 is 0. The summed E-state index contributed by atoms with van der Waals surface area (Å²) in [5, 5.41) is 0.